The summed E-state index contributed by atoms with van der Waals surface area (Å²) in [5, 5.41) is 0.977. The molecule has 1 rings (SSSR count). The number of carbonyl (C=O) groups is 1. The molecule has 0 spiro atoms. The van der Waals surface area contributed by atoms with E-state index < -0.39 is 41.0 Å². The molecule has 3 nitrogen and oxygen atoms in total. The number of benzene rings is 1. The summed E-state index contributed by atoms with van der Waals surface area (Å²) < 4.78 is 86.4. The fraction of sp³-hybridized carbons (Fsp3) is 0.222. The van der Waals surface area contributed by atoms with E-state index in [-0.39, 0.29) is 6.07 Å². The van der Waals surface area contributed by atoms with E-state index >= 15 is 0 Å². The van der Waals surface area contributed by atoms with Crippen molar-refractivity contribution in [3.05, 3.63) is 23.8 Å². The summed E-state index contributed by atoms with van der Waals surface area (Å²) in [7, 11) is 0. The van der Waals surface area contributed by atoms with Crippen LogP contribution in [-0.4, -0.2) is 18.0 Å². The Morgan fingerprint density at radius 3 is 2.05 bits per heavy atom. The highest BCUT2D eigenvalue weighted by molar-refractivity contribution is 5.99. The van der Waals surface area contributed by atoms with Crippen LogP contribution in [0.2, 0.25) is 0 Å². The van der Waals surface area contributed by atoms with Crippen molar-refractivity contribution in [1.29, 1.82) is 0 Å². The van der Waals surface area contributed by atoms with Crippen molar-refractivity contribution in [2.45, 2.75) is 12.1 Å². The molecule has 3 N–H and O–H groups in total. The Balaban J connectivity index is 3.08. The van der Waals surface area contributed by atoms with Gasteiger partial charge in [0.25, 0.3) is 0 Å². The molecule has 1 aromatic rings. The zero-order valence-electron chi connectivity index (χ0n) is 8.79. The van der Waals surface area contributed by atoms with E-state index in [1.165, 1.54) is 0 Å². The van der Waals surface area contributed by atoms with Crippen LogP contribution in [0.3, 0.4) is 0 Å². The summed E-state index contributed by atoms with van der Waals surface area (Å²) in [4.78, 5) is 10.8. The van der Waals surface area contributed by atoms with Gasteiger partial charge >= 0.3 is 18.0 Å². The number of nitrogens with one attached hydrogen (secondary N) is 1. The topological polar surface area (TPSA) is 55.1 Å². The minimum atomic E-state index is -6.15. The van der Waals surface area contributed by atoms with Crippen molar-refractivity contribution >= 4 is 17.3 Å². The maximum absolute atomic E-state index is 13.1. The number of hydrogen-bond donors (Lipinski definition) is 2. The van der Waals surface area contributed by atoms with Gasteiger partial charge in [-0.25, -0.2) is 8.78 Å². The van der Waals surface area contributed by atoms with Gasteiger partial charge in [0.05, 0.1) is 5.69 Å². The third-order valence-corrected chi connectivity index (χ3v) is 1.97. The van der Waals surface area contributed by atoms with Gasteiger partial charge in [-0.15, -0.1) is 0 Å². The summed E-state index contributed by atoms with van der Waals surface area (Å²) in [5.41, 5.74) is 3.02. The maximum atomic E-state index is 13.1. The van der Waals surface area contributed by atoms with Gasteiger partial charge in [0.1, 0.15) is 11.5 Å². The number of rotatable bonds is 2. The quantitative estimate of drug-likeness (QED) is 0.650. The van der Waals surface area contributed by atoms with Crippen molar-refractivity contribution in [3.8, 4) is 0 Å². The molecule has 0 unspecified atom stereocenters. The molecule has 106 valence electrons. The lowest BCUT2D eigenvalue weighted by atomic mass is 10.2. The van der Waals surface area contributed by atoms with Crippen LogP contribution < -0.4 is 11.1 Å². The van der Waals surface area contributed by atoms with Gasteiger partial charge in [-0.1, -0.05) is 0 Å². The van der Waals surface area contributed by atoms with Gasteiger partial charge in [-0.2, -0.15) is 22.0 Å². The second-order valence-corrected chi connectivity index (χ2v) is 3.38. The predicted molar refractivity (Wildman–Crippen MR) is 50.4 cm³/mol. The van der Waals surface area contributed by atoms with Crippen molar-refractivity contribution < 1.29 is 35.5 Å². The lowest BCUT2D eigenvalue weighted by molar-refractivity contribution is -0.267. The van der Waals surface area contributed by atoms with Crippen molar-refractivity contribution in [2.24, 2.45) is 0 Å². The van der Waals surface area contributed by atoms with Crippen LogP contribution >= 0.6 is 0 Å². The number of nitrogen functional groups attached to an aromatic ring is 1. The van der Waals surface area contributed by atoms with Crippen molar-refractivity contribution in [3.63, 3.8) is 0 Å². The number of carbonyl (C=O) groups excluding carboxylic acids is 1. The van der Waals surface area contributed by atoms with Crippen LogP contribution in [0, 0.1) is 11.6 Å². The first kappa shape index (κ1) is 15.1. The van der Waals surface area contributed by atoms with E-state index in [4.69, 9.17) is 5.73 Å². The smallest absolute Gasteiger partial charge is 0.397 e. The van der Waals surface area contributed by atoms with Crippen LogP contribution in [0.5, 0.6) is 0 Å². The maximum Gasteiger partial charge on any atom is 0.463 e. The molecule has 0 saturated carbocycles. The molecule has 0 fully saturated rings. The second kappa shape index (κ2) is 4.59. The van der Waals surface area contributed by atoms with Crippen molar-refractivity contribution in [2.75, 3.05) is 11.1 Å². The highest BCUT2D eigenvalue weighted by Crippen LogP contribution is 2.37. The van der Waals surface area contributed by atoms with Crippen LogP contribution in [0.4, 0.5) is 42.1 Å². The molecule has 0 heterocycles. The molecule has 19 heavy (non-hydrogen) atoms. The highest BCUT2D eigenvalue weighted by Gasteiger charge is 2.63. The van der Waals surface area contributed by atoms with Crippen molar-refractivity contribution in [1.82, 2.24) is 0 Å². The van der Waals surface area contributed by atoms with Gasteiger partial charge in [0.2, 0.25) is 0 Å². The first-order valence-corrected chi connectivity index (χ1v) is 4.47. The Hall–Kier alpha value is -2.00. The molecule has 0 aliphatic rings. The lowest BCUT2D eigenvalue weighted by Crippen LogP contribution is -2.47. The molecule has 0 aliphatic carbocycles. The van der Waals surface area contributed by atoms with E-state index in [0.29, 0.717) is 6.07 Å². The molecule has 1 aromatic carbocycles. The summed E-state index contributed by atoms with van der Waals surface area (Å²) >= 11 is 0. The number of hydrogen-bond acceptors (Lipinski definition) is 2. The number of alkyl halides is 5. The zero-order chi connectivity index (χ0) is 15.0. The summed E-state index contributed by atoms with van der Waals surface area (Å²) in [6.07, 6.45) is -6.15. The van der Waals surface area contributed by atoms with Gasteiger partial charge in [0, 0.05) is 6.07 Å². The third-order valence-electron chi connectivity index (χ3n) is 1.97. The second-order valence-electron chi connectivity index (χ2n) is 3.38. The van der Waals surface area contributed by atoms with E-state index in [2.05, 4.69) is 0 Å². The normalized spacial score (nSPS) is 12.4. The summed E-state index contributed by atoms with van der Waals surface area (Å²) in [6.45, 7) is 0. The Kier molecular flexibility index (Phi) is 3.64. The Morgan fingerprint density at radius 1 is 1.11 bits per heavy atom. The monoisotopic (exact) mass is 290 g/mol. The van der Waals surface area contributed by atoms with E-state index in [1.54, 1.807) is 0 Å². The fourth-order valence-corrected chi connectivity index (χ4v) is 1.05. The standard InChI is InChI=1S/C9H5F7N2O/c10-3-1-4(11)6(5(17)2-3)18-7(19)8(12,13)9(14,15)16/h1-2H,17H2,(H,18,19). The van der Waals surface area contributed by atoms with Gasteiger partial charge < -0.3 is 11.1 Å². The van der Waals surface area contributed by atoms with Gasteiger partial charge in [-0.3, -0.25) is 4.79 Å². The number of amides is 1. The molecule has 10 heteroatoms. The number of nitrogens with two attached hydrogens (primary N) is 1. The Morgan fingerprint density at radius 2 is 1.63 bits per heavy atom. The van der Waals surface area contributed by atoms with Crippen LogP contribution in [-0.2, 0) is 4.79 Å². The number of anilines is 2. The van der Waals surface area contributed by atoms with Crippen LogP contribution in [0.25, 0.3) is 0 Å². The fourth-order valence-electron chi connectivity index (χ4n) is 1.05. The van der Waals surface area contributed by atoms with E-state index in [0.717, 1.165) is 5.32 Å². The average Bonchev–Trinajstić information content (AvgIpc) is 2.21. The molecule has 0 aliphatic heterocycles. The average molecular weight is 290 g/mol. The minimum absolute atomic E-state index is 0.164. The van der Waals surface area contributed by atoms with E-state index in [1.807, 2.05) is 0 Å². The van der Waals surface area contributed by atoms with Crippen LogP contribution in [0.15, 0.2) is 12.1 Å². The molecule has 1 amide bonds. The molecule has 0 radical (unpaired) electrons. The molecule has 0 aromatic heterocycles. The van der Waals surface area contributed by atoms with E-state index in [9.17, 15) is 35.5 Å². The van der Waals surface area contributed by atoms with Gasteiger partial charge in [0.15, 0.2) is 5.82 Å². The minimum Gasteiger partial charge on any atom is -0.397 e. The molecule has 0 atom stereocenters. The summed E-state index contributed by atoms with van der Waals surface area (Å²) in [6, 6.07) is 0.613. The van der Waals surface area contributed by atoms with Crippen LogP contribution in [0.1, 0.15) is 0 Å². The SMILES string of the molecule is Nc1cc(F)cc(F)c1NC(=O)C(F)(F)C(F)(F)F. The highest BCUT2D eigenvalue weighted by atomic mass is 19.4. The lowest BCUT2D eigenvalue weighted by Gasteiger charge is -2.19. The molecular formula is C9H5F7N2O. The largest absolute Gasteiger partial charge is 0.463 e. The first-order chi connectivity index (χ1) is 8.46. The Bertz CT molecular complexity index is 489. The first-order valence-electron chi connectivity index (χ1n) is 4.47. The molecule has 0 bridgehead atoms. The molecular weight excluding hydrogens is 285 g/mol. The Labute approximate surface area is 101 Å². The zero-order valence-corrected chi connectivity index (χ0v) is 8.79. The summed E-state index contributed by atoms with van der Waals surface area (Å²) in [5.74, 6) is -11.3. The third kappa shape index (κ3) is 2.88. The predicted octanol–water partition coefficient (Wildman–Crippen LogP) is 2.68. The number of halogens is 7. The van der Waals surface area contributed by atoms with Gasteiger partial charge in [-0.05, 0) is 6.07 Å². The molecule has 0 saturated heterocycles.